The van der Waals surface area contributed by atoms with Gasteiger partial charge in [0.05, 0.1) is 38.9 Å². The van der Waals surface area contributed by atoms with Crippen LogP contribution in [0, 0.1) is 0 Å². The van der Waals surface area contributed by atoms with Crippen molar-refractivity contribution < 1.29 is 0 Å². The summed E-state index contributed by atoms with van der Waals surface area (Å²) in [5, 5.41) is 2.56. The number of benzene rings is 11. The molecule has 1 unspecified atom stereocenters. The number of hydrogen-bond acceptors (Lipinski definition) is 1. The Morgan fingerprint density at radius 2 is 0.822 bits per heavy atom. The number of anilines is 3. The van der Waals surface area contributed by atoms with E-state index in [1.54, 1.807) is 0 Å². The summed E-state index contributed by atoms with van der Waals surface area (Å²) >= 11 is 0. The van der Waals surface area contributed by atoms with Crippen LogP contribution < -0.4 is 4.90 Å². The minimum absolute atomic E-state index is 0.193. The van der Waals surface area contributed by atoms with Gasteiger partial charge in [0.15, 0.2) is 0 Å². The molecule has 1 atom stereocenters. The number of nitrogens with zero attached hydrogens (tertiary/aromatic N) is 2. The van der Waals surface area contributed by atoms with Crippen molar-refractivity contribution in [3.05, 3.63) is 310 Å². The Kier molecular flexibility index (Phi) is 8.12. The van der Waals surface area contributed by atoms with Crippen molar-refractivity contribution in [3.8, 4) is 39.1 Å². The van der Waals surface area contributed by atoms with E-state index >= 15 is 0 Å². The van der Waals surface area contributed by atoms with E-state index in [0.717, 1.165) is 11.4 Å². The Morgan fingerprint density at radius 1 is 0.329 bits per heavy atom. The van der Waals surface area contributed by atoms with Gasteiger partial charge in [0.25, 0.3) is 0 Å². The van der Waals surface area contributed by atoms with Crippen molar-refractivity contribution in [2.24, 2.45) is 0 Å². The molecule has 0 radical (unpaired) electrons. The highest BCUT2D eigenvalue weighted by Gasteiger charge is 2.52. The second kappa shape index (κ2) is 14.6. The van der Waals surface area contributed by atoms with E-state index in [2.05, 4.69) is 278 Å². The summed E-state index contributed by atoms with van der Waals surface area (Å²) in [7, 11) is 0. The molecule has 0 amide bonds. The number of rotatable bonds is 5. The smallest absolute Gasteiger partial charge is 0.0755 e. The predicted molar refractivity (Wildman–Crippen MR) is 301 cm³/mol. The van der Waals surface area contributed by atoms with E-state index in [4.69, 9.17) is 0 Å². The van der Waals surface area contributed by atoms with E-state index in [-0.39, 0.29) is 5.41 Å². The summed E-state index contributed by atoms with van der Waals surface area (Å²) in [5.41, 5.74) is 26.5. The van der Waals surface area contributed by atoms with Gasteiger partial charge in [-0.1, -0.05) is 232 Å². The highest BCUT2D eigenvalue weighted by molar-refractivity contribution is 6.13. The van der Waals surface area contributed by atoms with Crippen LogP contribution in [0.2, 0.25) is 0 Å². The van der Waals surface area contributed by atoms with E-state index < -0.39 is 10.8 Å². The second-order valence-electron chi connectivity index (χ2n) is 21.0. The molecular weight excluding hydrogens is 881 g/mol. The normalized spacial score (nSPS) is 16.4. The van der Waals surface area contributed by atoms with E-state index in [0.29, 0.717) is 0 Å². The highest BCUT2D eigenvalue weighted by atomic mass is 15.2. The molecule has 342 valence electrons. The molecule has 1 aliphatic heterocycles. The number of para-hydroxylation sites is 3. The molecule has 0 fully saturated rings. The molecule has 2 nitrogen and oxygen atoms in total. The summed E-state index contributed by atoms with van der Waals surface area (Å²) in [4.78, 5) is 2.64. The van der Waals surface area contributed by atoms with Crippen LogP contribution >= 0.6 is 0 Å². The first-order valence-corrected chi connectivity index (χ1v) is 25.8. The average Bonchev–Trinajstić information content (AvgIpc) is 4.13. The molecule has 0 saturated heterocycles. The van der Waals surface area contributed by atoms with Crippen molar-refractivity contribution in [2.75, 3.05) is 4.90 Å². The van der Waals surface area contributed by atoms with Gasteiger partial charge in [-0.25, -0.2) is 0 Å². The maximum Gasteiger partial charge on any atom is 0.0755 e. The molecule has 1 aromatic heterocycles. The van der Waals surface area contributed by atoms with Gasteiger partial charge in [-0.15, -0.1) is 0 Å². The molecule has 0 N–H and O–H groups in total. The van der Waals surface area contributed by atoms with Gasteiger partial charge in [0.1, 0.15) is 0 Å². The zero-order valence-corrected chi connectivity index (χ0v) is 40.6. The molecule has 11 aromatic carbocycles. The van der Waals surface area contributed by atoms with Gasteiger partial charge in [-0.05, 0) is 114 Å². The van der Waals surface area contributed by atoms with Crippen LogP contribution in [-0.4, -0.2) is 4.57 Å². The molecule has 3 aliphatic carbocycles. The van der Waals surface area contributed by atoms with Crippen molar-refractivity contribution in [3.63, 3.8) is 0 Å². The summed E-state index contributed by atoms with van der Waals surface area (Å²) in [5.74, 6) is 0. The Morgan fingerprint density at radius 3 is 1.55 bits per heavy atom. The van der Waals surface area contributed by atoms with Crippen LogP contribution in [0.3, 0.4) is 0 Å². The summed E-state index contributed by atoms with van der Waals surface area (Å²) in [6.07, 6.45) is 0. The van der Waals surface area contributed by atoms with Crippen molar-refractivity contribution >= 4 is 38.9 Å². The number of aromatic nitrogens is 1. The Bertz CT molecular complexity index is 4270. The van der Waals surface area contributed by atoms with Crippen LogP contribution in [-0.2, 0) is 16.2 Å². The molecule has 4 aliphatic rings. The first-order valence-electron chi connectivity index (χ1n) is 25.8. The van der Waals surface area contributed by atoms with Crippen LogP contribution in [0.1, 0.15) is 69.5 Å². The fraction of sp³-hybridized carbons (Fsp3) is 0.0704. The fourth-order valence-corrected chi connectivity index (χ4v) is 14.7. The minimum Gasteiger partial charge on any atom is -0.309 e. The summed E-state index contributed by atoms with van der Waals surface area (Å²) in [6, 6.07) is 96.7. The molecule has 2 heteroatoms. The first kappa shape index (κ1) is 40.7. The Balaban J connectivity index is 1.04. The van der Waals surface area contributed by atoms with Gasteiger partial charge >= 0.3 is 0 Å². The summed E-state index contributed by atoms with van der Waals surface area (Å²) < 4.78 is 2.54. The van der Waals surface area contributed by atoms with Crippen LogP contribution in [0.4, 0.5) is 17.1 Å². The standard InChI is InChI=1S/C71H48N2/c1-69(2)54-31-13-10-28-52(54)66-58(69)35-20-40-64(66)72(47-42-43-49-48-26-9-14-32-55(48)70(61(49)44-47,45-22-5-3-6-23-45)46-24-7-4-8-25-46)65-41-21-36-59-67(65)53-29-11-15-33-56(53)71(59)57-34-16-18-39-63(57)73-62-38-17-12-27-50(62)51-30-19-37-60(71)68(51)73/h3-44H,1-2H3. The SMILES string of the molecule is CC1(C)c2ccccc2-c2c(N(c3ccc4c(c3)C(c3ccccc3)(c3ccccc3)c3ccccc3-4)c3cccc4c3-c3ccccc3C43c4ccccc4-n4c5ccccc5c5cccc3c54)cccc21. The zero-order valence-electron chi connectivity index (χ0n) is 40.6. The topological polar surface area (TPSA) is 8.17 Å². The lowest BCUT2D eigenvalue weighted by Gasteiger charge is -2.40. The summed E-state index contributed by atoms with van der Waals surface area (Å²) in [6.45, 7) is 4.79. The monoisotopic (exact) mass is 928 g/mol. The fourth-order valence-electron chi connectivity index (χ4n) is 14.7. The second-order valence-corrected chi connectivity index (χ2v) is 21.0. The molecule has 1 spiro atoms. The van der Waals surface area contributed by atoms with Crippen LogP contribution in [0.25, 0.3) is 60.9 Å². The quantitative estimate of drug-likeness (QED) is 0.167. The molecule has 2 heterocycles. The lowest BCUT2D eigenvalue weighted by molar-refractivity contribution is 0.660. The van der Waals surface area contributed by atoms with Crippen molar-refractivity contribution in [1.29, 1.82) is 0 Å². The molecule has 0 saturated carbocycles. The number of hydrogen-bond donors (Lipinski definition) is 0. The molecule has 12 aromatic rings. The molecular formula is C71H48N2. The molecule has 16 rings (SSSR count). The van der Waals surface area contributed by atoms with E-state index in [9.17, 15) is 0 Å². The minimum atomic E-state index is -0.601. The third kappa shape index (κ3) is 4.98. The van der Waals surface area contributed by atoms with Crippen molar-refractivity contribution in [2.45, 2.75) is 30.1 Å². The van der Waals surface area contributed by atoms with Crippen LogP contribution in [0.5, 0.6) is 0 Å². The third-order valence-electron chi connectivity index (χ3n) is 17.5. The average molecular weight is 929 g/mol. The lowest BCUT2D eigenvalue weighted by Crippen LogP contribution is -2.33. The number of fused-ring (bicyclic) bond motifs is 18. The van der Waals surface area contributed by atoms with E-state index in [1.165, 1.54) is 122 Å². The highest BCUT2D eigenvalue weighted by Crippen LogP contribution is 2.65. The Labute approximate surface area is 425 Å². The van der Waals surface area contributed by atoms with Gasteiger partial charge in [-0.2, -0.15) is 0 Å². The maximum atomic E-state index is 2.64. The first-order chi connectivity index (χ1) is 36.0. The predicted octanol–water partition coefficient (Wildman–Crippen LogP) is 17.6. The maximum absolute atomic E-state index is 2.64. The largest absolute Gasteiger partial charge is 0.309 e. The Hall–Kier alpha value is -8.98. The molecule has 73 heavy (non-hydrogen) atoms. The van der Waals surface area contributed by atoms with Crippen molar-refractivity contribution in [1.82, 2.24) is 4.57 Å². The van der Waals surface area contributed by atoms with Crippen LogP contribution in [0.15, 0.2) is 255 Å². The van der Waals surface area contributed by atoms with Gasteiger partial charge in [0, 0.05) is 33.0 Å². The van der Waals surface area contributed by atoms with Gasteiger partial charge < -0.3 is 9.47 Å². The van der Waals surface area contributed by atoms with Gasteiger partial charge in [-0.3, -0.25) is 0 Å². The zero-order chi connectivity index (χ0) is 48.2. The van der Waals surface area contributed by atoms with E-state index in [1.807, 2.05) is 0 Å². The third-order valence-corrected chi connectivity index (χ3v) is 17.5. The van der Waals surface area contributed by atoms with Gasteiger partial charge in [0.2, 0.25) is 0 Å². The molecule has 0 bridgehead atoms. The lowest BCUT2D eigenvalue weighted by atomic mass is 9.65.